The lowest BCUT2D eigenvalue weighted by atomic mass is 10.1. The van der Waals surface area contributed by atoms with Crippen molar-refractivity contribution in [3.63, 3.8) is 0 Å². The topological polar surface area (TPSA) is 107 Å². The second-order valence-corrected chi connectivity index (χ2v) is 7.68. The van der Waals surface area contributed by atoms with E-state index in [2.05, 4.69) is 0 Å². The summed E-state index contributed by atoms with van der Waals surface area (Å²) in [7, 11) is -2.39. The Bertz CT molecular complexity index is 840. The summed E-state index contributed by atoms with van der Waals surface area (Å²) in [6.45, 7) is 0.0413. The zero-order valence-corrected chi connectivity index (χ0v) is 14.4. The summed E-state index contributed by atoms with van der Waals surface area (Å²) >= 11 is 5.91. The van der Waals surface area contributed by atoms with Crippen LogP contribution in [0.4, 0.5) is 5.69 Å². The van der Waals surface area contributed by atoms with Gasteiger partial charge in [-0.15, -0.1) is 0 Å². The first-order chi connectivity index (χ1) is 11.2. The zero-order chi connectivity index (χ0) is 17.9. The highest BCUT2D eigenvalue weighted by molar-refractivity contribution is 7.89. The molecule has 0 aliphatic rings. The minimum atomic E-state index is -3.80. The fourth-order valence-corrected chi connectivity index (χ4v) is 3.53. The number of sulfonamides is 1. The molecular weight excluding hydrogens is 354 g/mol. The Morgan fingerprint density at radius 1 is 1.25 bits per heavy atom. The molecule has 0 saturated heterocycles. The fraction of sp³-hybridized carbons (Fsp3) is 0.200. The van der Waals surface area contributed by atoms with Gasteiger partial charge in [-0.2, -0.15) is 4.31 Å². The number of nitrogens with two attached hydrogens (primary N) is 1. The van der Waals surface area contributed by atoms with Crippen molar-refractivity contribution in [1.82, 2.24) is 4.31 Å². The summed E-state index contributed by atoms with van der Waals surface area (Å²) in [4.78, 5) is 10.0. The van der Waals surface area contributed by atoms with Crippen LogP contribution in [-0.4, -0.2) is 31.2 Å². The van der Waals surface area contributed by atoms with Gasteiger partial charge in [0, 0.05) is 36.8 Å². The van der Waals surface area contributed by atoms with E-state index in [0.717, 1.165) is 16.4 Å². The highest BCUT2D eigenvalue weighted by Gasteiger charge is 2.24. The number of non-ortho nitro benzene ring substituents is 1. The van der Waals surface area contributed by atoms with Crippen LogP contribution in [0, 0.1) is 10.1 Å². The molecule has 7 nitrogen and oxygen atoms in total. The van der Waals surface area contributed by atoms with Crippen LogP contribution in [0.1, 0.15) is 11.6 Å². The highest BCUT2D eigenvalue weighted by atomic mass is 35.5. The third kappa shape index (κ3) is 4.09. The van der Waals surface area contributed by atoms with Crippen molar-refractivity contribution in [3.8, 4) is 0 Å². The van der Waals surface area contributed by atoms with E-state index in [9.17, 15) is 18.5 Å². The molecule has 0 amide bonds. The van der Waals surface area contributed by atoms with Gasteiger partial charge >= 0.3 is 0 Å². The molecule has 2 rings (SSSR count). The van der Waals surface area contributed by atoms with Crippen molar-refractivity contribution in [3.05, 3.63) is 69.2 Å². The Kier molecular flexibility index (Phi) is 5.55. The molecule has 0 fully saturated rings. The molecule has 0 radical (unpaired) electrons. The van der Waals surface area contributed by atoms with Gasteiger partial charge in [0.1, 0.15) is 0 Å². The first kappa shape index (κ1) is 18.3. The van der Waals surface area contributed by atoms with E-state index in [4.69, 9.17) is 17.3 Å². The number of nitro benzene ring substituents is 1. The second kappa shape index (κ2) is 7.27. The summed E-state index contributed by atoms with van der Waals surface area (Å²) in [5.74, 6) is 0. The van der Waals surface area contributed by atoms with Crippen LogP contribution in [0.25, 0.3) is 0 Å². The SMILES string of the molecule is CN(C[C@@H](N)c1cccc(Cl)c1)S(=O)(=O)c1ccc([N+](=O)[O-])cc1. The molecule has 0 unspecified atom stereocenters. The maximum Gasteiger partial charge on any atom is 0.269 e. The van der Waals surface area contributed by atoms with Crippen LogP contribution >= 0.6 is 11.6 Å². The third-order valence-corrected chi connectivity index (χ3v) is 5.56. The van der Waals surface area contributed by atoms with Crippen LogP contribution in [-0.2, 0) is 10.0 Å². The molecule has 0 aromatic heterocycles. The molecule has 2 aromatic rings. The Morgan fingerprint density at radius 3 is 2.42 bits per heavy atom. The van der Waals surface area contributed by atoms with Crippen molar-refractivity contribution in [2.75, 3.05) is 13.6 Å². The number of nitrogens with zero attached hydrogens (tertiary/aromatic N) is 2. The molecule has 1 atom stereocenters. The number of hydrogen-bond acceptors (Lipinski definition) is 5. The molecule has 0 aliphatic carbocycles. The van der Waals surface area contributed by atoms with Crippen molar-refractivity contribution in [1.29, 1.82) is 0 Å². The van der Waals surface area contributed by atoms with E-state index in [1.165, 1.54) is 19.2 Å². The Morgan fingerprint density at radius 2 is 1.88 bits per heavy atom. The van der Waals surface area contributed by atoms with Gasteiger partial charge in [0.15, 0.2) is 0 Å². The first-order valence-corrected chi connectivity index (χ1v) is 8.75. The summed E-state index contributed by atoms with van der Waals surface area (Å²) in [5.41, 5.74) is 6.59. The minimum Gasteiger partial charge on any atom is -0.323 e. The van der Waals surface area contributed by atoms with Gasteiger partial charge in [0.25, 0.3) is 5.69 Å². The number of halogens is 1. The molecule has 9 heteroatoms. The van der Waals surface area contributed by atoms with Crippen LogP contribution in [0.2, 0.25) is 5.02 Å². The largest absolute Gasteiger partial charge is 0.323 e. The van der Waals surface area contributed by atoms with Gasteiger partial charge in [-0.1, -0.05) is 23.7 Å². The number of likely N-dealkylation sites (N-methyl/N-ethyl adjacent to an activating group) is 1. The number of nitro groups is 1. The molecule has 24 heavy (non-hydrogen) atoms. The van der Waals surface area contributed by atoms with Crippen molar-refractivity contribution in [2.45, 2.75) is 10.9 Å². The molecule has 2 N–H and O–H groups in total. The van der Waals surface area contributed by atoms with E-state index < -0.39 is 21.0 Å². The maximum absolute atomic E-state index is 12.5. The van der Waals surface area contributed by atoms with Gasteiger partial charge in [-0.3, -0.25) is 10.1 Å². The molecule has 0 bridgehead atoms. The molecule has 2 aromatic carbocycles. The second-order valence-electron chi connectivity index (χ2n) is 5.20. The molecule has 128 valence electrons. The Hall–Kier alpha value is -2.00. The zero-order valence-electron chi connectivity index (χ0n) is 12.8. The van der Waals surface area contributed by atoms with Crippen molar-refractivity contribution in [2.24, 2.45) is 5.73 Å². The lowest BCUT2D eigenvalue weighted by molar-refractivity contribution is -0.384. The average molecular weight is 370 g/mol. The molecule has 0 heterocycles. The summed E-state index contributed by atoms with van der Waals surface area (Å²) < 4.78 is 26.2. The predicted octanol–water partition coefficient (Wildman–Crippen LogP) is 2.57. The van der Waals surface area contributed by atoms with Crippen LogP contribution < -0.4 is 5.73 Å². The van der Waals surface area contributed by atoms with Crippen LogP contribution in [0.3, 0.4) is 0 Å². The van der Waals surface area contributed by atoms with Gasteiger partial charge < -0.3 is 5.73 Å². The lowest BCUT2D eigenvalue weighted by Crippen LogP contribution is -2.34. The van der Waals surface area contributed by atoms with Crippen molar-refractivity contribution >= 4 is 27.3 Å². The minimum absolute atomic E-state index is 0.0334. The number of benzene rings is 2. The molecule has 0 spiro atoms. The number of hydrogen-bond donors (Lipinski definition) is 1. The summed E-state index contributed by atoms with van der Waals surface area (Å²) in [6, 6.07) is 11.0. The van der Waals surface area contributed by atoms with E-state index in [0.29, 0.717) is 10.6 Å². The van der Waals surface area contributed by atoms with Crippen molar-refractivity contribution < 1.29 is 13.3 Å². The van der Waals surface area contributed by atoms with Gasteiger partial charge in [-0.05, 0) is 29.8 Å². The van der Waals surface area contributed by atoms with Gasteiger partial charge in [0.05, 0.1) is 9.82 Å². The number of rotatable bonds is 6. The Balaban J connectivity index is 2.18. The third-order valence-electron chi connectivity index (χ3n) is 3.49. The van der Waals surface area contributed by atoms with E-state index in [-0.39, 0.29) is 17.1 Å². The van der Waals surface area contributed by atoms with E-state index in [1.54, 1.807) is 24.3 Å². The average Bonchev–Trinajstić information content (AvgIpc) is 2.54. The smallest absolute Gasteiger partial charge is 0.269 e. The first-order valence-electron chi connectivity index (χ1n) is 6.93. The van der Waals surface area contributed by atoms with Crippen LogP contribution in [0.15, 0.2) is 53.4 Å². The molecular formula is C15H16ClN3O4S. The summed E-state index contributed by atoms with van der Waals surface area (Å²) in [6.07, 6.45) is 0. The fourth-order valence-electron chi connectivity index (χ4n) is 2.14. The standard InChI is InChI=1S/C15H16ClN3O4S/c1-18(10-15(17)11-3-2-4-12(16)9-11)24(22,23)14-7-5-13(6-8-14)19(20)21/h2-9,15H,10,17H2,1H3/t15-/m1/s1. The molecule has 0 saturated carbocycles. The predicted molar refractivity (Wildman–Crippen MR) is 91.3 cm³/mol. The Labute approximate surface area is 144 Å². The lowest BCUT2D eigenvalue weighted by Gasteiger charge is -2.21. The monoisotopic (exact) mass is 369 g/mol. The normalized spacial score (nSPS) is 13.0. The van der Waals surface area contributed by atoms with Gasteiger partial charge in [0.2, 0.25) is 10.0 Å². The van der Waals surface area contributed by atoms with Crippen LogP contribution in [0.5, 0.6) is 0 Å². The van der Waals surface area contributed by atoms with Gasteiger partial charge in [-0.25, -0.2) is 8.42 Å². The highest BCUT2D eigenvalue weighted by Crippen LogP contribution is 2.22. The molecule has 0 aliphatic heterocycles. The summed E-state index contributed by atoms with van der Waals surface area (Å²) in [5, 5.41) is 11.2. The maximum atomic E-state index is 12.5. The van der Waals surface area contributed by atoms with E-state index in [1.807, 2.05) is 0 Å². The van der Waals surface area contributed by atoms with E-state index >= 15 is 0 Å². The quantitative estimate of drug-likeness (QED) is 0.622.